The lowest BCUT2D eigenvalue weighted by atomic mass is 10.1. The van der Waals surface area contributed by atoms with Gasteiger partial charge >= 0.3 is 0 Å². The van der Waals surface area contributed by atoms with E-state index in [1.165, 1.54) is 19.2 Å². The predicted octanol–water partition coefficient (Wildman–Crippen LogP) is 4.04. The van der Waals surface area contributed by atoms with Crippen molar-refractivity contribution < 1.29 is 13.9 Å². The predicted molar refractivity (Wildman–Crippen MR) is 140 cm³/mol. The molecule has 0 aliphatic heterocycles. The van der Waals surface area contributed by atoms with Gasteiger partial charge < -0.3 is 19.9 Å². The lowest BCUT2D eigenvalue weighted by molar-refractivity contribution is 0.0951. The van der Waals surface area contributed by atoms with Crippen molar-refractivity contribution in [2.75, 3.05) is 12.4 Å². The highest BCUT2D eigenvalue weighted by Crippen LogP contribution is 2.21. The second-order valence-electron chi connectivity index (χ2n) is 8.99. The fourth-order valence-electron chi connectivity index (χ4n) is 3.89. The number of carbonyl (C=O) groups is 1. The molecule has 0 saturated heterocycles. The Labute approximate surface area is 214 Å². The van der Waals surface area contributed by atoms with E-state index in [0.29, 0.717) is 30.0 Å². The van der Waals surface area contributed by atoms with Crippen molar-refractivity contribution in [2.24, 2.45) is 0 Å². The Balaban J connectivity index is 1.47. The third-order valence-electron chi connectivity index (χ3n) is 5.75. The van der Waals surface area contributed by atoms with Crippen molar-refractivity contribution >= 4 is 11.7 Å². The number of pyridine rings is 1. The minimum absolute atomic E-state index is 0.0140. The molecule has 0 fully saturated rings. The molecule has 4 rings (SSSR count). The maximum absolute atomic E-state index is 14.5. The van der Waals surface area contributed by atoms with Gasteiger partial charge in [-0.3, -0.25) is 14.3 Å². The van der Waals surface area contributed by atoms with Crippen LogP contribution in [0, 0.1) is 5.82 Å². The Morgan fingerprint density at radius 2 is 1.76 bits per heavy atom. The molecule has 0 saturated carbocycles. The number of benzene rings is 2. The first-order chi connectivity index (χ1) is 17.8. The topological polar surface area (TPSA) is 90.2 Å². The molecule has 2 aromatic heterocycles. The van der Waals surface area contributed by atoms with Crippen molar-refractivity contribution in [1.29, 1.82) is 0 Å². The summed E-state index contributed by atoms with van der Waals surface area (Å²) in [5, 5.41) is 10.6. The van der Waals surface area contributed by atoms with E-state index in [1.807, 2.05) is 44.2 Å². The standard InChI is InChI=1S/C28H30FN5O3/c1-19(2)31-27-23(28(36)30-15-22-7-6-8-24(37-3)26(22)29)18-34(32-27)17-21-12-10-20(11-13-21)16-33-14-5-4-9-25(33)35/h4-14,18-19H,15-17H2,1-3H3,(H,30,36)(H,31,32). The summed E-state index contributed by atoms with van der Waals surface area (Å²) >= 11 is 0. The number of amides is 1. The Kier molecular flexibility index (Phi) is 8.02. The molecule has 0 radical (unpaired) electrons. The zero-order valence-electron chi connectivity index (χ0n) is 21.1. The summed E-state index contributed by atoms with van der Waals surface area (Å²) in [5.74, 6) is -0.273. The van der Waals surface area contributed by atoms with Crippen LogP contribution in [0.2, 0.25) is 0 Å². The van der Waals surface area contributed by atoms with Gasteiger partial charge in [0.1, 0.15) is 5.56 Å². The third kappa shape index (κ3) is 6.43. The molecule has 0 atom stereocenters. The van der Waals surface area contributed by atoms with E-state index >= 15 is 0 Å². The van der Waals surface area contributed by atoms with Gasteiger partial charge in [0.2, 0.25) is 0 Å². The molecule has 0 aliphatic carbocycles. The molecule has 4 aromatic rings. The SMILES string of the molecule is COc1cccc(CNC(=O)c2cn(Cc3ccc(Cn4ccccc4=O)cc3)nc2NC(C)C)c1F. The van der Waals surface area contributed by atoms with Crippen LogP contribution in [-0.4, -0.2) is 33.4 Å². The first-order valence-electron chi connectivity index (χ1n) is 12.0. The summed E-state index contributed by atoms with van der Waals surface area (Å²) < 4.78 is 22.8. The molecular weight excluding hydrogens is 473 g/mol. The normalized spacial score (nSPS) is 10.9. The van der Waals surface area contributed by atoms with Crippen LogP contribution in [-0.2, 0) is 19.6 Å². The molecular formula is C28H30FN5O3. The molecule has 0 bridgehead atoms. The Bertz CT molecular complexity index is 1430. The monoisotopic (exact) mass is 503 g/mol. The van der Waals surface area contributed by atoms with Crippen LogP contribution in [0.5, 0.6) is 5.75 Å². The highest BCUT2D eigenvalue weighted by atomic mass is 19.1. The Morgan fingerprint density at radius 1 is 1.03 bits per heavy atom. The second kappa shape index (κ2) is 11.6. The van der Waals surface area contributed by atoms with E-state index in [9.17, 15) is 14.0 Å². The average molecular weight is 504 g/mol. The highest BCUT2D eigenvalue weighted by molar-refractivity contribution is 5.98. The quantitative estimate of drug-likeness (QED) is 0.341. The fraction of sp³-hybridized carbons (Fsp3) is 0.250. The molecule has 0 unspecified atom stereocenters. The number of nitrogens with one attached hydrogen (secondary N) is 2. The molecule has 0 aliphatic rings. The van der Waals surface area contributed by atoms with Crippen LogP contribution in [0.4, 0.5) is 10.2 Å². The maximum atomic E-state index is 14.5. The summed E-state index contributed by atoms with van der Waals surface area (Å²) in [6.45, 7) is 4.88. The van der Waals surface area contributed by atoms with Crippen molar-refractivity contribution in [2.45, 2.75) is 39.5 Å². The van der Waals surface area contributed by atoms with Gasteiger partial charge in [-0.25, -0.2) is 4.39 Å². The van der Waals surface area contributed by atoms with Crippen molar-refractivity contribution in [1.82, 2.24) is 19.7 Å². The summed E-state index contributed by atoms with van der Waals surface area (Å²) in [6.07, 6.45) is 3.44. The average Bonchev–Trinajstić information content (AvgIpc) is 3.27. The number of nitrogens with zero attached hydrogens (tertiary/aromatic N) is 3. The molecule has 2 heterocycles. The van der Waals surface area contributed by atoms with Gasteiger partial charge in [0.25, 0.3) is 11.5 Å². The van der Waals surface area contributed by atoms with Crippen LogP contribution in [0.15, 0.2) is 77.9 Å². The number of hydrogen-bond acceptors (Lipinski definition) is 5. The van der Waals surface area contributed by atoms with Crippen LogP contribution < -0.4 is 20.9 Å². The van der Waals surface area contributed by atoms with Crippen molar-refractivity contribution in [3.05, 3.63) is 111 Å². The van der Waals surface area contributed by atoms with Crippen LogP contribution in [0.3, 0.4) is 0 Å². The molecule has 192 valence electrons. The number of methoxy groups -OCH3 is 1. The summed E-state index contributed by atoms with van der Waals surface area (Å²) in [7, 11) is 1.40. The van der Waals surface area contributed by atoms with Crippen LogP contribution in [0.25, 0.3) is 0 Å². The molecule has 2 aromatic carbocycles. The molecule has 0 spiro atoms. The first kappa shape index (κ1) is 25.7. The number of rotatable bonds is 10. The largest absolute Gasteiger partial charge is 0.494 e. The maximum Gasteiger partial charge on any atom is 0.256 e. The van der Waals surface area contributed by atoms with E-state index in [-0.39, 0.29) is 29.8 Å². The Hall–Kier alpha value is -4.40. The molecule has 8 nitrogen and oxygen atoms in total. The van der Waals surface area contributed by atoms with Gasteiger partial charge in [-0.1, -0.05) is 42.5 Å². The van der Waals surface area contributed by atoms with Gasteiger partial charge in [0.05, 0.1) is 20.2 Å². The van der Waals surface area contributed by atoms with Gasteiger partial charge in [-0.2, -0.15) is 5.10 Å². The number of ether oxygens (including phenoxy) is 1. The molecule has 2 N–H and O–H groups in total. The summed E-state index contributed by atoms with van der Waals surface area (Å²) in [6, 6.07) is 17.9. The second-order valence-corrected chi connectivity index (χ2v) is 8.99. The number of anilines is 1. The molecule has 37 heavy (non-hydrogen) atoms. The van der Waals surface area contributed by atoms with E-state index in [1.54, 1.807) is 39.8 Å². The zero-order chi connectivity index (χ0) is 26.4. The van der Waals surface area contributed by atoms with E-state index < -0.39 is 5.82 Å². The lowest BCUT2D eigenvalue weighted by Gasteiger charge is -2.10. The van der Waals surface area contributed by atoms with Gasteiger partial charge in [-0.05, 0) is 37.1 Å². The summed E-state index contributed by atoms with van der Waals surface area (Å²) in [4.78, 5) is 25.0. The van der Waals surface area contributed by atoms with Crippen LogP contribution in [0.1, 0.15) is 40.9 Å². The number of aromatic nitrogens is 3. The van der Waals surface area contributed by atoms with E-state index in [4.69, 9.17) is 4.74 Å². The van der Waals surface area contributed by atoms with Crippen molar-refractivity contribution in [3.8, 4) is 5.75 Å². The fourth-order valence-corrected chi connectivity index (χ4v) is 3.89. The molecule has 1 amide bonds. The first-order valence-corrected chi connectivity index (χ1v) is 12.0. The Morgan fingerprint density at radius 3 is 2.43 bits per heavy atom. The minimum Gasteiger partial charge on any atom is -0.494 e. The number of hydrogen-bond donors (Lipinski definition) is 2. The van der Waals surface area contributed by atoms with E-state index in [2.05, 4.69) is 15.7 Å². The van der Waals surface area contributed by atoms with E-state index in [0.717, 1.165) is 11.1 Å². The van der Waals surface area contributed by atoms with Gasteiger partial charge in [0, 0.05) is 36.6 Å². The number of carbonyl (C=O) groups excluding carboxylic acids is 1. The smallest absolute Gasteiger partial charge is 0.256 e. The van der Waals surface area contributed by atoms with Crippen LogP contribution >= 0.6 is 0 Å². The minimum atomic E-state index is -0.498. The summed E-state index contributed by atoms with van der Waals surface area (Å²) in [5.41, 5.74) is 2.65. The molecule has 9 heteroatoms. The third-order valence-corrected chi connectivity index (χ3v) is 5.75. The lowest BCUT2D eigenvalue weighted by Crippen LogP contribution is -2.24. The van der Waals surface area contributed by atoms with Gasteiger partial charge in [0.15, 0.2) is 17.4 Å². The highest BCUT2D eigenvalue weighted by Gasteiger charge is 2.18. The van der Waals surface area contributed by atoms with Crippen molar-refractivity contribution in [3.63, 3.8) is 0 Å². The zero-order valence-corrected chi connectivity index (χ0v) is 21.1. The number of halogens is 1. The van der Waals surface area contributed by atoms with Gasteiger partial charge in [-0.15, -0.1) is 0 Å².